The van der Waals surface area contributed by atoms with E-state index in [9.17, 15) is 0 Å². The summed E-state index contributed by atoms with van der Waals surface area (Å²) in [7, 11) is 3.33. The fraction of sp³-hybridized carbons (Fsp3) is 0.750. The summed E-state index contributed by atoms with van der Waals surface area (Å²) in [5, 5.41) is 6.20. The van der Waals surface area contributed by atoms with Crippen LogP contribution in [0.15, 0.2) is 0 Å². The number of nitrogens with zero attached hydrogens (tertiary/aromatic N) is 3. The summed E-state index contributed by atoms with van der Waals surface area (Å²) in [5.74, 6) is 1.10. The predicted molar refractivity (Wildman–Crippen MR) is 71.0 cm³/mol. The molecule has 0 aliphatic heterocycles. The Morgan fingerprint density at radius 1 is 1.22 bits per heavy atom. The number of anilines is 2. The summed E-state index contributed by atoms with van der Waals surface area (Å²) in [5.41, 5.74) is 0.467. The Morgan fingerprint density at radius 3 is 2.50 bits per heavy atom. The molecule has 1 fully saturated rings. The molecule has 0 amide bonds. The molecule has 0 spiro atoms. The molecule has 0 saturated heterocycles. The van der Waals surface area contributed by atoms with Gasteiger partial charge in [0.1, 0.15) is 0 Å². The molecule has 6 heteroatoms. The van der Waals surface area contributed by atoms with Gasteiger partial charge in [0.25, 0.3) is 0 Å². The summed E-state index contributed by atoms with van der Waals surface area (Å²) < 4.78 is 5.05. The van der Waals surface area contributed by atoms with E-state index in [2.05, 4.69) is 32.5 Å². The third kappa shape index (κ3) is 3.00. The lowest BCUT2D eigenvalue weighted by atomic mass is 10.0. The lowest BCUT2D eigenvalue weighted by Gasteiger charge is -2.15. The summed E-state index contributed by atoms with van der Waals surface area (Å²) >= 11 is 0. The number of methoxy groups -OCH3 is 1. The molecule has 1 saturated carbocycles. The Bertz CT molecular complexity index is 383. The number of rotatable bonds is 7. The Balaban J connectivity index is 2.00. The van der Waals surface area contributed by atoms with Crippen LogP contribution in [0, 0.1) is 5.41 Å². The van der Waals surface area contributed by atoms with E-state index in [0.717, 1.165) is 6.54 Å². The summed E-state index contributed by atoms with van der Waals surface area (Å²) in [6.45, 7) is 3.16. The van der Waals surface area contributed by atoms with Gasteiger partial charge in [0.05, 0.1) is 7.11 Å². The summed E-state index contributed by atoms with van der Waals surface area (Å²) in [6.07, 6.45) is 5.09. The van der Waals surface area contributed by atoms with Crippen LogP contribution >= 0.6 is 0 Å². The van der Waals surface area contributed by atoms with Crippen LogP contribution in [0.5, 0.6) is 6.01 Å². The van der Waals surface area contributed by atoms with Crippen LogP contribution in [0.3, 0.4) is 0 Å². The van der Waals surface area contributed by atoms with Gasteiger partial charge in [-0.15, -0.1) is 0 Å². The minimum atomic E-state index is 0.331. The van der Waals surface area contributed by atoms with Gasteiger partial charge in [0.15, 0.2) is 0 Å². The maximum atomic E-state index is 5.05. The summed E-state index contributed by atoms with van der Waals surface area (Å²) in [4.78, 5) is 12.5. The van der Waals surface area contributed by atoms with E-state index in [1.165, 1.54) is 25.7 Å². The van der Waals surface area contributed by atoms with E-state index in [1.54, 1.807) is 14.2 Å². The van der Waals surface area contributed by atoms with Gasteiger partial charge < -0.3 is 15.4 Å². The third-order valence-corrected chi connectivity index (χ3v) is 3.38. The Morgan fingerprint density at radius 2 is 1.94 bits per heavy atom. The second-order valence-corrected chi connectivity index (χ2v) is 4.82. The van der Waals surface area contributed by atoms with Gasteiger partial charge in [-0.1, -0.05) is 13.3 Å². The maximum absolute atomic E-state index is 5.05. The van der Waals surface area contributed by atoms with Crippen molar-refractivity contribution >= 4 is 11.9 Å². The van der Waals surface area contributed by atoms with Crippen LogP contribution < -0.4 is 15.4 Å². The van der Waals surface area contributed by atoms with Crippen molar-refractivity contribution in [2.24, 2.45) is 5.41 Å². The van der Waals surface area contributed by atoms with Crippen LogP contribution in [0.2, 0.25) is 0 Å². The first-order valence-electron chi connectivity index (χ1n) is 6.43. The van der Waals surface area contributed by atoms with Crippen molar-refractivity contribution in [1.29, 1.82) is 0 Å². The SMILES string of the molecule is CCCC1(CNc2nc(NC)nc(OC)n2)CC1. The minimum absolute atomic E-state index is 0.331. The van der Waals surface area contributed by atoms with Crippen LogP contribution in [-0.4, -0.2) is 35.7 Å². The molecule has 0 unspecified atom stereocenters. The fourth-order valence-electron chi connectivity index (χ4n) is 2.13. The predicted octanol–water partition coefficient (Wildman–Crippen LogP) is 1.91. The molecule has 0 bridgehead atoms. The van der Waals surface area contributed by atoms with Gasteiger partial charge >= 0.3 is 6.01 Å². The quantitative estimate of drug-likeness (QED) is 0.771. The molecule has 1 heterocycles. The standard InChI is InChI=1S/C12H21N5O/c1-4-5-12(6-7-12)8-14-10-15-9(13-2)16-11(17-10)18-3/h4-8H2,1-3H3,(H2,13,14,15,16,17). The van der Waals surface area contributed by atoms with E-state index >= 15 is 0 Å². The third-order valence-electron chi connectivity index (χ3n) is 3.38. The van der Waals surface area contributed by atoms with E-state index < -0.39 is 0 Å². The lowest BCUT2D eigenvalue weighted by Crippen LogP contribution is -2.17. The zero-order valence-electron chi connectivity index (χ0n) is 11.3. The van der Waals surface area contributed by atoms with Crippen molar-refractivity contribution < 1.29 is 4.74 Å². The molecule has 18 heavy (non-hydrogen) atoms. The highest BCUT2D eigenvalue weighted by Gasteiger charge is 2.41. The molecule has 2 N–H and O–H groups in total. The lowest BCUT2D eigenvalue weighted by molar-refractivity contribution is 0.379. The van der Waals surface area contributed by atoms with Gasteiger partial charge in [-0.05, 0) is 24.7 Å². The van der Waals surface area contributed by atoms with Gasteiger partial charge in [-0.25, -0.2) is 0 Å². The molecule has 1 aromatic rings. The smallest absolute Gasteiger partial charge is 0.322 e. The second kappa shape index (κ2) is 5.37. The average molecular weight is 251 g/mol. The number of hydrogen-bond acceptors (Lipinski definition) is 6. The summed E-state index contributed by atoms with van der Waals surface area (Å²) in [6, 6.07) is 0.331. The van der Waals surface area contributed by atoms with Crippen LogP contribution in [0.25, 0.3) is 0 Å². The first-order chi connectivity index (χ1) is 8.71. The molecule has 6 nitrogen and oxygen atoms in total. The van der Waals surface area contributed by atoms with Crippen LogP contribution in [0.1, 0.15) is 32.6 Å². The maximum Gasteiger partial charge on any atom is 0.322 e. The van der Waals surface area contributed by atoms with Crippen molar-refractivity contribution in [3.8, 4) is 6.01 Å². The number of ether oxygens (including phenoxy) is 1. The van der Waals surface area contributed by atoms with Crippen molar-refractivity contribution in [1.82, 2.24) is 15.0 Å². The van der Waals surface area contributed by atoms with Crippen molar-refractivity contribution in [3.05, 3.63) is 0 Å². The normalized spacial score (nSPS) is 16.2. The Kier molecular flexibility index (Phi) is 3.84. The zero-order valence-corrected chi connectivity index (χ0v) is 11.3. The van der Waals surface area contributed by atoms with E-state index in [0.29, 0.717) is 23.3 Å². The van der Waals surface area contributed by atoms with E-state index in [-0.39, 0.29) is 0 Å². The van der Waals surface area contributed by atoms with E-state index in [4.69, 9.17) is 4.74 Å². The van der Waals surface area contributed by atoms with Gasteiger partial charge in [-0.3, -0.25) is 0 Å². The van der Waals surface area contributed by atoms with Gasteiger partial charge in [-0.2, -0.15) is 15.0 Å². The molecule has 0 radical (unpaired) electrons. The molecule has 2 rings (SSSR count). The minimum Gasteiger partial charge on any atom is -0.467 e. The van der Waals surface area contributed by atoms with E-state index in [1.807, 2.05) is 0 Å². The molecule has 0 aromatic carbocycles. The largest absolute Gasteiger partial charge is 0.467 e. The van der Waals surface area contributed by atoms with Gasteiger partial charge in [0.2, 0.25) is 11.9 Å². The van der Waals surface area contributed by atoms with Crippen molar-refractivity contribution in [2.75, 3.05) is 31.3 Å². The number of nitrogens with one attached hydrogen (secondary N) is 2. The molecule has 1 aliphatic rings. The highest BCUT2D eigenvalue weighted by molar-refractivity contribution is 5.35. The zero-order chi connectivity index (χ0) is 13.0. The fourth-order valence-corrected chi connectivity index (χ4v) is 2.13. The Labute approximate surface area is 108 Å². The Hall–Kier alpha value is -1.59. The molecular formula is C12H21N5O. The highest BCUT2D eigenvalue weighted by Crippen LogP contribution is 2.49. The van der Waals surface area contributed by atoms with Crippen molar-refractivity contribution in [3.63, 3.8) is 0 Å². The topological polar surface area (TPSA) is 72.0 Å². The number of hydrogen-bond donors (Lipinski definition) is 2. The molecular weight excluding hydrogens is 230 g/mol. The van der Waals surface area contributed by atoms with Crippen LogP contribution in [0.4, 0.5) is 11.9 Å². The second-order valence-electron chi connectivity index (χ2n) is 4.82. The molecule has 1 aliphatic carbocycles. The molecule has 0 atom stereocenters. The average Bonchev–Trinajstić information content (AvgIpc) is 3.16. The molecule has 100 valence electrons. The monoisotopic (exact) mass is 251 g/mol. The first-order valence-corrected chi connectivity index (χ1v) is 6.43. The first kappa shape index (κ1) is 12.9. The highest BCUT2D eigenvalue weighted by atomic mass is 16.5. The molecule has 1 aromatic heterocycles. The van der Waals surface area contributed by atoms with Crippen molar-refractivity contribution in [2.45, 2.75) is 32.6 Å². The van der Waals surface area contributed by atoms with Crippen LogP contribution in [-0.2, 0) is 0 Å². The van der Waals surface area contributed by atoms with Gasteiger partial charge in [0, 0.05) is 13.6 Å². The number of aromatic nitrogens is 3.